The molecule has 5 heteroatoms. The van der Waals surface area contributed by atoms with Crippen LogP contribution < -0.4 is 0 Å². The van der Waals surface area contributed by atoms with E-state index in [0.717, 1.165) is 25.7 Å². The summed E-state index contributed by atoms with van der Waals surface area (Å²) in [5.74, 6) is 1.18. The van der Waals surface area contributed by atoms with Crippen molar-refractivity contribution in [2.45, 2.75) is 129 Å². The molecule has 0 aliphatic heterocycles. The van der Waals surface area contributed by atoms with Gasteiger partial charge in [0, 0.05) is 11.5 Å². The van der Waals surface area contributed by atoms with Crippen LogP contribution in [0.2, 0.25) is 0 Å². The van der Waals surface area contributed by atoms with E-state index in [1.54, 1.807) is 11.8 Å². The lowest BCUT2D eigenvalue weighted by atomic mass is 10.1. The fourth-order valence-corrected chi connectivity index (χ4v) is 4.23. The molecule has 0 bridgehead atoms. The molecule has 0 atom stereocenters. The van der Waals surface area contributed by atoms with Crippen molar-refractivity contribution in [3.63, 3.8) is 0 Å². The molecular weight excluding hydrogens is 408 g/mol. The molecule has 0 aliphatic rings. The Balaban J connectivity index is 3.28. The van der Waals surface area contributed by atoms with Crippen LogP contribution in [-0.2, 0) is 19.1 Å². The highest BCUT2D eigenvalue weighted by Crippen LogP contribution is 2.11. The highest BCUT2D eigenvalue weighted by molar-refractivity contribution is 7.99. The molecular formula is C26H50O4S. The number of rotatable bonds is 24. The number of carbonyl (C=O) groups is 2. The zero-order chi connectivity index (χ0) is 22.8. The SMILES string of the molecule is CCCCCCCCCCOC(=O)CCSCCC(=O)OCCCCCCCCCC. The number of hydrogen-bond donors (Lipinski definition) is 0. The Morgan fingerprint density at radius 1 is 0.516 bits per heavy atom. The minimum atomic E-state index is -0.118. The second-order valence-electron chi connectivity index (χ2n) is 8.50. The molecule has 0 aromatic carbocycles. The van der Waals surface area contributed by atoms with Gasteiger partial charge in [-0.05, 0) is 12.8 Å². The third-order valence-electron chi connectivity index (χ3n) is 5.42. The van der Waals surface area contributed by atoms with Gasteiger partial charge in [-0.1, -0.05) is 104 Å². The van der Waals surface area contributed by atoms with E-state index < -0.39 is 0 Å². The van der Waals surface area contributed by atoms with Crippen molar-refractivity contribution in [1.29, 1.82) is 0 Å². The van der Waals surface area contributed by atoms with Crippen molar-refractivity contribution in [3.05, 3.63) is 0 Å². The molecule has 0 saturated heterocycles. The lowest BCUT2D eigenvalue weighted by Crippen LogP contribution is -2.09. The molecule has 0 N–H and O–H groups in total. The van der Waals surface area contributed by atoms with Gasteiger partial charge in [-0.15, -0.1) is 0 Å². The maximum absolute atomic E-state index is 11.7. The van der Waals surface area contributed by atoms with Gasteiger partial charge in [0.1, 0.15) is 0 Å². The number of unbranched alkanes of at least 4 members (excludes halogenated alkanes) is 14. The van der Waals surface area contributed by atoms with E-state index >= 15 is 0 Å². The topological polar surface area (TPSA) is 52.6 Å². The Kier molecular flexibility index (Phi) is 25.0. The van der Waals surface area contributed by atoms with E-state index in [1.807, 2.05) is 0 Å². The summed E-state index contributed by atoms with van der Waals surface area (Å²) in [4.78, 5) is 23.4. The third kappa shape index (κ3) is 25.4. The normalized spacial score (nSPS) is 10.9. The fourth-order valence-electron chi connectivity index (χ4n) is 3.40. The van der Waals surface area contributed by atoms with Gasteiger partial charge in [0.2, 0.25) is 0 Å². The largest absolute Gasteiger partial charge is 0.466 e. The van der Waals surface area contributed by atoms with Crippen LogP contribution in [0.4, 0.5) is 0 Å². The summed E-state index contributed by atoms with van der Waals surface area (Å²) in [6, 6.07) is 0. The lowest BCUT2D eigenvalue weighted by molar-refractivity contribution is -0.144. The standard InChI is InChI=1S/C26H50O4S/c1-3-5-7-9-11-13-15-17-21-29-25(27)19-23-31-24-20-26(28)30-22-18-16-14-12-10-8-6-4-2/h3-24H2,1-2H3. The first-order valence-electron chi connectivity index (χ1n) is 13.1. The smallest absolute Gasteiger partial charge is 0.306 e. The van der Waals surface area contributed by atoms with Crippen molar-refractivity contribution in [1.82, 2.24) is 0 Å². The average Bonchev–Trinajstić information content (AvgIpc) is 2.76. The summed E-state index contributed by atoms with van der Waals surface area (Å²) in [6.45, 7) is 5.56. The van der Waals surface area contributed by atoms with Crippen molar-refractivity contribution in [2.75, 3.05) is 24.7 Å². The summed E-state index contributed by atoms with van der Waals surface area (Å²) in [7, 11) is 0. The lowest BCUT2D eigenvalue weighted by Gasteiger charge is -2.06. The molecule has 0 aromatic heterocycles. The van der Waals surface area contributed by atoms with Gasteiger partial charge in [0.25, 0.3) is 0 Å². The van der Waals surface area contributed by atoms with Crippen molar-refractivity contribution in [3.8, 4) is 0 Å². The van der Waals surface area contributed by atoms with E-state index in [2.05, 4.69) is 13.8 Å². The molecule has 0 heterocycles. The first kappa shape index (κ1) is 30.3. The Morgan fingerprint density at radius 2 is 0.839 bits per heavy atom. The first-order valence-corrected chi connectivity index (χ1v) is 14.2. The zero-order valence-corrected chi connectivity index (χ0v) is 21.4. The summed E-state index contributed by atoms with van der Waals surface area (Å²) >= 11 is 1.62. The Bertz CT molecular complexity index is 365. The van der Waals surface area contributed by atoms with Crippen LogP contribution in [0.5, 0.6) is 0 Å². The molecule has 0 unspecified atom stereocenters. The highest BCUT2D eigenvalue weighted by Gasteiger charge is 2.05. The summed E-state index contributed by atoms with van der Waals surface area (Å²) in [6.07, 6.45) is 20.8. The molecule has 0 radical (unpaired) electrons. The maximum atomic E-state index is 11.7. The van der Waals surface area contributed by atoms with Crippen LogP contribution in [-0.4, -0.2) is 36.7 Å². The van der Waals surface area contributed by atoms with Crippen molar-refractivity contribution in [2.24, 2.45) is 0 Å². The highest BCUT2D eigenvalue weighted by atomic mass is 32.2. The fraction of sp³-hybridized carbons (Fsp3) is 0.923. The van der Waals surface area contributed by atoms with Crippen molar-refractivity contribution >= 4 is 23.7 Å². The molecule has 184 valence electrons. The third-order valence-corrected chi connectivity index (χ3v) is 6.41. The Morgan fingerprint density at radius 3 is 1.19 bits per heavy atom. The molecule has 0 aliphatic carbocycles. The molecule has 0 rings (SSSR count). The molecule has 31 heavy (non-hydrogen) atoms. The molecule has 4 nitrogen and oxygen atoms in total. The average molecular weight is 459 g/mol. The number of ether oxygens (including phenoxy) is 2. The second kappa shape index (κ2) is 25.5. The van der Waals surface area contributed by atoms with E-state index in [1.165, 1.54) is 77.0 Å². The zero-order valence-electron chi connectivity index (χ0n) is 20.6. The number of hydrogen-bond acceptors (Lipinski definition) is 5. The van der Waals surface area contributed by atoms with Crippen LogP contribution in [0.25, 0.3) is 0 Å². The van der Waals surface area contributed by atoms with Crippen LogP contribution in [0.3, 0.4) is 0 Å². The van der Waals surface area contributed by atoms with Gasteiger partial charge in [-0.2, -0.15) is 11.8 Å². The van der Waals surface area contributed by atoms with Gasteiger partial charge in [0.05, 0.1) is 26.1 Å². The van der Waals surface area contributed by atoms with Gasteiger partial charge in [0.15, 0.2) is 0 Å². The summed E-state index contributed by atoms with van der Waals surface area (Å²) in [5, 5.41) is 0. The van der Waals surface area contributed by atoms with Gasteiger partial charge in [-0.25, -0.2) is 0 Å². The minimum absolute atomic E-state index is 0.118. The second-order valence-corrected chi connectivity index (χ2v) is 9.73. The Labute approximate surface area is 197 Å². The quantitative estimate of drug-likeness (QED) is 0.109. The predicted octanol–water partition coefficient (Wildman–Crippen LogP) is 7.87. The van der Waals surface area contributed by atoms with E-state index in [4.69, 9.17) is 9.47 Å². The van der Waals surface area contributed by atoms with E-state index in [0.29, 0.717) is 37.6 Å². The summed E-state index contributed by atoms with van der Waals surface area (Å²) in [5.41, 5.74) is 0. The van der Waals surface area contributed by atoms with Gasteiger partial charge < -0.3 is 9.47 Å². The molecule has 0 amide bonds. The number of thioether (sulfide) groups is 1. The van der Waals surface area contributed by atoms with E-state index in [-0.39, 0.29) is 11.9 Å². The maximum Gasteiger partial charge on any atom is 0.306 e. The molecule has 0 spiro atoms. The summed E-state index contributed by atoms with van der Waals surface area (Å²) < 4.78 is 10.6. The van der Waals surface area contributed by atoms with Crippen LogP contribution in [0, 0.1) is 0 Å². The van der Waals surface area contributed by atoms with Gasteiger partial charge in [-0.3, -0.25) is 9.59 Å². The predicted molar refractivity (Wildman–Crippen MR) is 134 cm³/mol. The Hall–Kier alpha value is -0.710. The minimum Gasteiger partial charge on any atom is -0.466 e. The van der Waals surface area contributed by atoms with Crippen molar-refractivity contribution < 1.29 is 19.1 Å². The van der Waals surface area contributed by atoms with Crippen LogP contribution in [0.1, 0.15) is 129 Å². The molecule has 0 saturated carbocycles. The molecule has 0 fully saturated rings. The monoisotopic (exact) mass is 458 g/mol. The van der Waals surface area contributed by atoms with Crippen LogP contribution >= 0.6 is 11.8 Å². The molecule has 0 aromatic rings. The number of carbonyl (C=O) groups excluding carboxylic acids is 2. The van der Waals surface area contributed by atoms with E-state index in [9.17, 15) is 9.59 Å². The number of esters is 2. The first-order chi connectivity index (χ1) is 15.2. The van der Waals surface area contributed by atoms with Crippen LogP contribution in [0.15, 0.2) is 0 Å². The van der Waals surface area contributed by atoms with Gasteiger partial charge >= 0.3 is 11.9 Å².